The summed E-state index contributed by atoms with van der Waals surface area (Å²) in [7, 11) is 3.90. The molecule has 1 aliphatic heterocycles. The molecule has 0 N–H and O–H groups in total. The minimum absolute atomic E-state index is 0.235. The third-order valence-corrected chi connectivity index (χ3v) is 5.05. The third-order valence-electron chi connectivity index (χ3n) is 5.05. The van der Waals surface area contributed by atoms with Gasteiger partial charge in [-0.25, -0.2) is 0 Å². The Morgan fingerprint density at radius 3 is 2.62 bits per heavy atom. The van der Waals surface area contributed by atoms with Gasteiger partial charge >= 0.3 is 0 Å². The van der Waals surface area contributed by atoms with Gasteiger partial charge in [0, 0.05) is 25.6 Å². The first kappa shape index (κ1) is 17.4. The summed E-state index contributed by atoms with van der Waals surface area (Å²) in [5.41, 5.74) is 1.34. The van der Waals surface area contributed by atoms with E-state index < -0.39 is 0 Å². The summed E-state index contributed by atoms with van der Waals surface area (Å²) in [4.78, 5) is 16.4. The molecular formula is C20H30N2O2. The lowest BCUT2D eigenvalue weighted by Gasteiger charge is -2.39. The van der Waals surface area contributed by atoms with Crippen molar-refractivity contribution in [3.63, 3.8) is 0 Å². The van der Waals surface area contributed by atoms with Crippen molar-refractivity contribution in [2.24, 2.45) is 11.8 Å². The quantitative estimate of drug-likeness (QED) is 0.770. The first-order chi connectivity index (χ1) is 11.6. The predicted molar refractivity (Wildman–Crippen MR) is 95.9 cm³/mol. The second-order valence-electron chi connectivity index (χ2n) is 7.63. The number of piperidine rings is 1. The van der Waals surface area contributed by atoms with Gasteiger partial charge in [-0.05, 0) is 51.3 Å². The molecule has 4 heteroatoms. The van der Waals surface area contributed by atoms with Crippen molar-refractivity contribution < 1.29 is 9.53 Å². The van der Waals surface area contributed by atoms with E-state index in [-0.39, 0.29) is 12.0 Å². The second kappa shape index (κ2) is 8.13. The fraction of sp³-hybridized carbons (Fsp3) is 0.650. The van der Waals surface area contributed by atoms with Crippen molar-refractivity contribution in [1.29, 1.82) is 0 Å². The summed E-state index contributed by atoms with van der Waals surface area (Å²) in [6.07, 6.45) is 4.88. The maximum atomic E-state index is 12.4. The van der Waals surface area contributed by atoms with Crippen LogP contribution in [0.3, 0.4) is 0 Å². The molecule has 1 aromatic rings. The van der Waals surface area contributed by atoms with Crippen LogP contribution in [0.1, 0.15) is 24.8 Å². The molecule has 2 aliphatic rings. The average Bonchev–Trinajstić information content (AvgIpc) is 3.38. The second-order valence-corrected chi connectivity index (χ2v) is 7.63. The Morgan fingerprint density at radius 1 is 1.21 bits per heavy atom. The van der Waals surface area contributed by atoms with Crippen molar-refractivity contribution in [2.45, 2.75) is 31.8 Å². The molecule has 4 nitrogen and oxygen atoms in total. The van der Waals surface area contributed by atoms with Crippen LogP contribution in [0.15, 0.2) is 30.3 Å². The van der Waals surface area contributed by atoms with Crippen molar-refractivity contribution in [1.82, 2.24) is 9.80 Å². The molecule has 1 saturated heterocycles. The van der Waals surface area contributed by atoms with Crippen LogP contribution in [-0.2, 0) is 16.0 Å². The largest absolute Gasteiger partial charge is 0.377 e. The van der Waals surface area contributed by atoms with E-state index in [4.69, 9.17) is 4.74 Å². The van der Waals surface area contributed by atoms with Crippen LogP contribution >= 0.6 is 0 Å². The van der Waals surface area contributed by atoms with Crippen LogP contribution < -0.4 is 0 Å². The molecule has 1 aromatic carbocycles. The Kier molecular flexibility index (Phi) is 5.90. The lowest BCUT2D eigenvalue weighted by Crippen LogP contribution is -2.49. The molecule has 0 unspecified atom stereocenters. The molecule has 0 aromatic heterocycles. The number of carbonyl (C=O) groups is 1. The van der Waals surface area contributed by atoms with Gasteiger partial charge in [0.15, 0.2) is 0 Å². The van der Waals surface area contributed by atoms with E-state index in [2.05, 4.69) is 30.3 Å². The number of likely N-dealkylation sites (N-methyl/N-ethyl adjacent to an activating group) is 1. The molecule has 1 heterocycles. The van der Waals surface area contributed by atoms with E-state index in [0.717, 1.165) is 38.5 Å². The Labute approximate surface area is 145 Å². The lowest BCUT2D eigenvalue weighted by atomic mass is 9.88. The van der Waals surface area contributed by atoms with Crippen LogP contribution in [0.25, 0.3) is 0 Å². The number of hydrogen-bond donors (Lipinski definition) is 0. The zero-order valence-electron chi connectivity index (χ0n) is 15.0. The smallest absolute Gasteiger partial charge is 0.236 e. The van der Waals surface area contributed by atoms with Gasteiger partial charge in [-0.3, -0.25) is 4.79 Å². The van der Waals surface area contributed by atoms with E-state index in [1.54, 1.807) is 0 Å². The Hall–Kier alpha value is -1.39. The van der Waals surface area contributed by atoms with E-state index in [0.29, 0.717) is 12.5 Å². The van der Waals surface area contributed by atoms with E-state index in [9.17, 15) is 4.79 Å². The minimum Gasteiger partial charge on any atom is -0.377 e. The first-order valence-electron chi connectivity index (χ1n) is 9.20. The van der Waals surface area contributed by atoms with Gasteiger partial charge in [0.2, 0.25) is 5.91 Å². The maximum absolute atomic E-state index is 12.4. The Morgan fingerprint density at radius 2 is 1.96 bits per heavy atom. The van der Waals surface area contributed by atoms with Gasteiger partial charge in [-0.15, -0.1) is 0 Å². The highest BCUT2D eigenvalue weighted by Gasteiger charge is 2.33. The van der Waals surface area contributed by atoms with Crippen LogP contribution in [0, 0.1) is 11.8 Å². The summed E-state index contributed by atoms with van der Waals surface area (Å²) >= 11 is 0. The number of ether oxygens (including phenoxy) is 1. The topological polar surface area (TPSA) is 32.8 Å². The molecule has 1 aliphatic carbocycles. The number of nitrogens with zero attached hydrogens (tertiary/aromatic N) is 2. The number of amides is 1. The van der Waals surface area contributed by atoms with Crippen LogP contribution in [0.5, 0.6) is 0 Å². The molecule has 24 heavy (non-hydrogen) atoms. The molecule has 2 atom stereocenters. The van der Waals surface area contributed by atoms with Gasteiger partial charge in [-0.2, -0.15) is 0 Å². The van der Waals surface area contributed by atoms with Gasteiger partial charge in [0.25, 0.3) is 0 Å². The van der Waals surface area contributed by atoms with Crippen molar-refractivity contribution in [3.05, 3.63) is 35.9 Å². The third kappa shape index (κ3) is 5.05. The zero-order valence-corrected chi connectivity index (χ0v) is 15.0. The normalized spacial score (nSPS) is 24.4. The van der Waals surface area contributed by atoms with Crippen molar-refractivity contribution in [3.8, 4) is 0 Å². The number of hydrogen-bond acceptors (Lipinski definition) is 3. The molecule has 1 amide bonds. The average molecular weight is 330 g/mol. The lowest BCUT2D eigenvalue weighted by molar-refractivity contribution is -0.137. The molecule has 0 spiro atoms. The minimum atomic E-state index is 0.235. The highest BCUT2D eigenvalue weighted by molar-refractivity contribution is 5.78. The monoisotopic (exact) mass is 330 g/mol. The fourth-order valence-electron chi connectivity index (χ4n) is 3.48. The first-order valence-corrected chi connectivity index (χ1v) is 9.20. The van der Waals surface area contributed by atoms with Crippen LogP contribution in [0.4, 0.5) is 0 Å². The number of rotatable bonds is 7. The van der Waals surface area contributed by atoms with Gasteiger partial charge < -0.3 is 14.5 Å². The molecule has 2 fully saturated rings. The maximum Gasteiger partial charge on any atom is 0.236 e. The van der Waals surface area contributed by atoms with Crippen LogP contribution in [-0.4, -0.2) is 62.1 Å². The summed E-state index contributed by atoms with van der Waals surface area (Å²) in [6, 6.07) is 10.6. The number of carbonyl (C=O) groups excluding carboxylic acids is 1. The molecule has 1 saturated carbocycles. The Bertz CT molecular complexity index is 528. The summed E-state index contributed by atoms with van der Waals surface area (Å²) in [5, 5.41) is 0. The fourth-order valence-corrected chi connectivity index (χ4v) is 3.48. The molecule has 132 valence electrons. The van der Waals surface area contributed by atoms with Gasteiger partial charge in [0.05, 0.1) is 12.6 Å². The van der Waals surface area contributed by atoms with E-state index in [1.807, 2.05) is 23.9 Å². The highest BCUT2D eigenvalue weighted by Crippen LogP contribution is 2.31. The molecular weight excluding hydrogens is 300 g/mol. The van der Waals surface area contributed by atoms with Crippen LogP contribution in [0.2, 0.25) is 0 Å². The molecule has 3 rings (SSSR count). The number of benzene rings is 1. The zero-order chi connectivity index (χ0) is 16.9. The standard InChI is InChI=1S/C20H30N2O2/c1-21(2)14-20(23)22-11-10-19(24-15-17-8-9-17)18(13-22)12-16-6-4-3-5-7-16/h3-7,17-19H,8-15H2,1-2H3/t18-,19-/m1/s1. The Balaban J connectivity index is 1.62. The van der Waals surface area contributed by atoms with Crippen molar-refractivity contribution in [2.75, 3.05) is 40.3 Å². The summed E-state index contributed by atoms with van der Waals surface area (Å²) < 4.78 is 6.25. The van der Waals surface area contributed by atoms with E-state index in [1.165, 1.54) is 18.4 Å². The molecule has 0 radical (unpaired) electrons. The van der Waals surface area contributed by atoms with Crippen molar-refractivity contribution >= 4 is 5.91 Å². The summed E-state index contributed by atoms with van der Waals surface area (Å²) in [6.45, 7) is 3.04. The van der Waals surface area contributed by atoms with Gasteiger partial charge in [0.1, 0.15) is 0 Å². The SMILES string of the molecule is CN(C)CC(=O)N1CC[C@@H](OCC2CC2)[C@H](Cc2ccccc2)C1. The summed E-state index contributed by atoms with van der Waals surface area (Å²) in [5.74, 6) is 1.42. The predicted octanol–water partition coefficient (Wildman–Crippen LogP) is 2.43. The molecule has 0 bridgehead atoms. The number of likely N-dealkylation sites (tertiary alicyclic amines) is 1. The van der Waals surface area contributed by atoms with Gasteiger partial charge in [-0.1, -0.05) is 30.3 Å². The van der Waals surface area contributed by atoms with E-state index >= 15 is 0 Å². The highest BCUT2D eigenvalue weighted by atomic mass is 16.5.